The maximum absolute atomic E-state index is 10.8. The number of benzene rings is 1. The van der Waals surface area contributed by atoms with Gasteiger partial charge in [-0.2, -0.15) is 0 Å². The molecule has 0 fully saturated rings. The molecule has 0 spiro atoms. The molecule has 1 aromatic carbocycles. The third kappa shape index (κ3) is 6.15. The zero-order valence-electron chi connectivity index (χ0n) is 18.6. The second kappa shape index (κ2) is 10.7. The molecule has 2 nitrogen and oxygen atoms in total. The number of hydrogen-bond acceptors (Lipinski definition) is 2. The first-order valence-electron chi connectivity index (χ1n) is 11.2. The predicted molar refractivity (Wildman–Crippen MR) is 120 cm³/mol. The van der Waals surface area contributed by atoms with E-state index in [-0.39, 0.29) is 17.4 Å². The van der Waals surface area contributed by atoms with E-state index in [2.05, 4.69) is 46.8 Å². The minimum atomic E-state index is 0.0974. The van der Waals surface area contributed by atoms with Crippen molar-refractivity contribution < 1.29 is 10.2 Å². The minimum absolute atomic E-state index is 0.0974. The highest BCUT2D eigenvalue weighted by atomic mass is 16.3. The van der Waals surface area contributed by atoms with Gasteiger partial charge in [0.25, 0.3) is 0 Å². The molecule has 2 rings (SSSR count). The summed E-state index contributed by atoms with van der Waals surface area (Å²) in [4.78, 5) is 0. The van der Waals surface area contributed by atoms with Crippen LogP contribution in [-0.4, -0.2) is 10.2 Å². The molecule has 2 heteroatoms. The van der Waals surface area contributed by atoms with Gasteiger partial charge >= 0.3 is 0 Å². The molecule has 0 aliphatic heterocycles. The van der Waals surface area contributed by atoms with Gasteiger partial charge in [-0.1, -0.05) is 50.0 Å². The van der Waals surface area contributed by atoms with Crippen molar-refractivity contribution in [3.8, 4) is 11.5 Å². The van der Waals surface area contributed by atoms with Gasteiger partial charge in [-0.3, -0.25) is 0 Å². The summed E-state index contributed by atoms with van der Waals surface area (Å²) in [5, 5.41) is 21.6. The highest BCUT2D eigenvalue weighted by Crippen LogP contribution is 2.47. The lowest BCUT2D eigenvalue weighted by atomic mass is 9.70. The SMILES string of the molecule is CCCCCc1cc(O)c([C@@H]2C=C(C)CC[C@H]2C(C)CCC=C(C)C)c(O)c1. The van der Waals surface area contributed by atoms with Gasteiger partial charge in [0.2, 0.25) is 0 Å². The average Bonchev–Trinajstić information content (AvgIpc) is 2.61. The van der Waals surface area contributed by atoms with Crippen molar-refractivity contribution >= 4 is 0 Å². The monoisotopic (exact) mass is 384 g/mol. The maximum atomic E-state index is 10.8. The fourth-order valence-corrected chi connectivity index (χ4v) is 4.62. The molecular formula is C26H40O2. The fourth-order valence-electron chi connectivity index (χ4n) is 4.62. The topological polar surface area (TPSA) is 40.5 Å². The van der Waals surface area contributed by atoms with Gasteiger partial charge in [0.05, 0.1) is 0 Å². The van der Waals surface area contributed by atoms with Crippen LogP contribution in [0.2, 0.25) is 0 Å². The molecule has 1 aliphatic rings. The summed E-state index contributed by atoms with van der Waals surface area (Å²) in [5.41, 5.74) is 4.51. The van der Waals surface area contributed by atoms with E-state index in [0.717, 1.165) is 49.7 Å². The van der Waals surface area contributed by atoms with E-state index in [1.807, 2.05) is 12.1 Å². The number of phenols is 2. The Labute approximate surface area is 172 Å². The van der Waals surface area contributed by atoms with Gasteiger partial charge in [-0.15, -0.1) is 0 Å². The Morgan fingerprint density at radius 3 is 2.46 bits per heavy atom. The first kappa shape index (κ1) is 22.6. The number of aromatic hydroxyl groups is 2. The summed E-state index contributed by atoms with van der Waals surface area (Å²) < 4.78 is 0. The number of hydrogen-bond donors (Lipinski definition) is 2. The van der Waals surface area contributed by atoms with Gasteiger partial charge in [0.15, 0.2) is 0 Å². The Kier molecular flexibility index (Phi) is 8.66. The molecule has 2 N–H and O–H groups in total. The Bertz CT molecular complexity index is 671. The van der Waals surface area contributed by atoms with Crippen LogP contribution in [-0.2, 0) is 6.42 Å². The van der Waals surface area contributed by atoms with Crippen LogP contribution in [0.1, 0.15) is 96.6 Å². The van der Waals surface area contributed by atoms with Gasteiger partial charge in [0.1, 0.15) is 11.5 Å². The van der Waals surface area contributed by atoms with Crippen molar-refractivity contribution in [2.75, 3.05) is 0 Å². The number of unbranched alkanes of at least 4 members (excludes halogenated alkanes) is 2. The normalized spacial score (nSPS) is 20.5. The molecule has 0 radical (unpaired) electrons. The second-order valence-corrected chi connectivity index (χ2v) is 9.08. The first-order valence-corrected chi connectivity index (χ1v) is 11.2. The van der Waals surface area contributed by atoms with E-state index < -0.39 is 0 Å². The molecule has 156 valence electrons. The largest absolute Gasteiger partial charge is 0.507 e. The molecule has 0 aromatic heterocycles. The fraction of sp³-hybridized carbons (Fsp3) is 0.615. The second-order valence-electron chi connectivity index (χ2n) is 9.08. The smallest absolute Gasteiger partial charge is 0.123 e. The van der Waals surface area contributed by atoms with Crippen LogP contribution in [0.25, 0.3) is 0 Å². The van der Waals surface area contributed by atoms with E-state index in [4.69, 9.17) is 0 Å². The Balaban J connectivity index is 2.25. The third-order valence-electron chi connectivity index (χ3n) is 6.30. The summed E-state index contributed by atoms with van der Waals surface area (Å²) in [6.07, 6.45) is 13.5. The maximum Gasteiger partial charge on any atom is 0.123 e. The van der Waals surface area contributed by atoms with E-state index in [0.29, 0.717) is 11.8 Å². The first-order chi connectivity index (χ1) is 13.3. The van der Waals surface area contributed by atoms with Crippen molar-refractivity contribution in [1.29, 1.82) is 0 Å². The zero-order chi connectivity index (χ0) is 20.7. The lowest BCUT2D eigenvalue weighted by Gasteiger charge is -2.35. The van der Waals surface area contributed by atoms with Crippen LogP contribution in [0.15, 0.2) is 35.4 Å². The molecule has 0 saturated carbocycles. The van der Waals surface area contributed by atoms with Gasteiger partial charge in [-0.25, -0.2) is 0 Å². The molecule has 0 heterocycles. The Morgan fingerprint density at radius 1 is 1.18 bits per heavy atom. The van der Waals surface area contributed by atoms with Gasteiger partial charge in [-0.05, 0) is 88.8 Å². The average molecular weight is 385 g/mol. The Morgan fingerprint density at radius 2 is 1.86 bits per heavy atom. The number of rotatable bonds is 9. The number of allylic oxidation sites excluding steroid dienone is 4. The van der Waals surface area contributed by atoms with Crippen LogP contribution < -0.4 is 0 Å². The number of aryl methyl sites for hydroxylation is 1. The van der Waals surface area contributed by atoms with Gasteiger partial charge < -0.3 is 10.2 Å². The molecular weight excluding hydrogens is 344 g/mol. The number of phenolic OH excluding ortho intramolecular Hbond substituents is 2. The summed E-state index contributed by atoms with van der Waals surface area (Å²) in [6, 6.07) is 3.76. The highest BCUT2D eigenvalue weighted by molar-refractivity contribution is 5.51. The van der Waals surface area contributed by atoms with E-state index >= 15 is 0 Å². The minimum Gasteiger partial charge on any atom is -0.507 e. The predicted octanol–water partition coefficient (Wildman–Crippen LogP) is 7.65. The van der Waals surface area contributed by atoms with E-state index in [1.54, 1.807) is 0 Å². The molecule has 1 unspecified atom stereocenters. The van der Waals surface area contributed by atoms with Crippen LogP contribution in [0, 0.1) is 11.8 Å². The summed E-state index contributed by atoms with van der Waals surface area (Å²) >= 11 is 0. The van der Waals surface area contributed by atoms with Crippen molar-refractivity contribution in [3.05, 3.63) is 46.6 Å². The molecule has 1 aromatic rings. The lowest BCUT2D eigenvalue weighted by Crippen LogP contribution is -2.23. The van der Waals surface area contributed by atoms with Crippen LogP contribution in [0.4, 0.5) is 0 Å². The van der Waals surface area contributed by atoms with Crippen molar-refractivity contribution in [2.45, 2.75) is 91.9 Å². The van der Waals surface area contributed by atoms with Gasteiger partial charge in [0, 0.05) is 11.5 Å². The molecule has 0 bridgehead atoms. The molecule has 3 atom stereocenters. The quantitative estimate of drug-likeness (QED) is 0.339. The standard InChI is InChI=1S/C26H40O2/c1-6-7-8-12-21-16-24(27)26(25(28)17-21)23-15-19(4)13-14-22(23)20(5)11-9-10-18(2)3/h10,15-17,20,22-23,27-28H,6-9,11-14H2,1-5H3/t20?,22-,23+/m0/s1. The molecule has 1 aliphatic carbocycles. The molecule has 28 heavy (non-hydrogen) atoms. The summed E-state index contributed by atoms with van der Waals surface area (Å²) in [6.45, 7) is 11.0. The van der Waals surface area contributed by atoms with Crippen LogP contribution >= 0.6 is 0 Å². The molecule has 0 saturated heterocycles. The van der Waals surface area contributed by atoms with Crippen LogP contribution in [0.5, 0.6) is 11.5 Å². The van der Waals surface area contributed by atoms with E-state index in [9.17, 15) is 10.2 Å². The highest BCUT2D eigenvalue weighted by Gasteiger charge is 2.32. The molecule has 0 amide bonds. The zero-order valence-corrected chi connectivity index (χ0v) is 18.6. The van der Waals surface area contributed by atoms with Crippen molar-refractivity contribution in [2.24, 2.45) is 11.8 Å². The van der Waals surface area contributed by atoms with Crippen molar-refractivity contribution in [3.63, 3.8) is 0 Å². The van der Waals surface area contributed by atoms with Crippen molar-refractivity contribution in [1.82, 2.24) is 0 Å². The van der Waals surface area contributed by atoms with E-state index in [1.165, 1.54) is 24.0 Å². The third-order valence-corrected chi connectivity index (χ3v) is 6.30. The lowest BCUT2D eigenvalue weighted by molar-refractivity contribution is 0.274. The van der Waals surface area contributed by atoms with Crippen LogP contribution in [0.3, 0.4) is 0 Å². The summed E-state index contributed by atoms with van der Waals surface area (Å²) in [7, 11) is 0. The summed E-state index contributed by atoms with van der Waals surface area (Å²) in [5.74, 6) is 1.64. The Hall–Kier alpha value is -1.70.